The van der Waals surface area contributed by atoms with Crippen LogP contribution in [0.15, 0.2) is 12.3 Å². The van der Waals surface area contributed by atoms with E-state index in [1.54, 1.807) is 12.3 Å². The van der Waals surface area contributed by atoms with Gasteiger partial charge < -0.3 is 25.5 Å². The predicted octanol–water partition coefficient (Wildman–Crippen LogP) is 0.750. The number of amides is 1. The number of carbonyl (C=O) groups is 1. The highest BCUT2D eigenvalue weighted by Crippen LogP contribution is 2.24. The Bertz CT molecular complexity index is 486. The van der Waals surface area contributed by atoms with Gasteiger partial charge in [-0.15, -0.1) is 0 Å². The Morgan fingerprint density at radius 2 is 2.45 bits per heavy atom. The van der Waals surface area contributed by atoms with Crippen molar-refractivity contribution in [2.45, 2.75) is 44.9 Å². The average molecular weight is 281 g/mol. The van der Waals surface area contributed by atoms with Gasteiger partial charge in [0.2, 0.25) is 0 Å². The van der Waals surface area contributed by atoms with Crippen molar-refractivity contribution in [1.82, 2.24) is 9.88 Å². The lowest BCUT2D eigenvalue weighted by molar-refractivity contribution is -0.0252. The molecule has 0 radical (unpaired) electrons. The molecule has 1 aromatic rings. The third-order valence-corrected chi connectivity index (χ3v) is 3.83. The van der Waals surface area contributed by atoms with E-state index < -0.39 is 5.60 Å². The zero-order chi connectivity index (χ0) is 14.8. The largest absolute Gasteiger partial charge is 0.397 e. The summed E-state index contributed by atoms with van der Waals surface area (Å²) in [5, 5.41) is 13.1. The lowest BCUT2D eigenvalue weighted by Gasteiger charge is -2.26. The average Bonchev–Trinajstić information content (AvgIpc) is 2.92. The van der Waals surface area contributed by atoms with Crippen molar-refractivity contribution >= 4 is 11.6 Å². The fourth-order valence-corrected chi connectivity index (χ4v) is 2.48. The van der Waals surface area contributed by atoms with Crippen LogP contribution >= 0.6 is 0 Å². The third kappa shape index (κ3) is 2.96. The molecular formula is C14H23N3O3. The van der Waals surface area contributed by atoms with E-state index in [-0.39, 0.29) is 18.6 Å². The van der Waals surface area contributed by atoms with Gasteiger partial charge in [0.15, 0.2) is 0 Å². The van der Waals surface area contributed by atoms with Gasteiger partial charge in [-0.3, -0.25) is 4.79 Å². The van der Waals surface area contributed by atoms with Crippen LogP contribution in [-0.4, -0.2) is 40.4 Å². The standard InChI is InChI=1S/C14H23N3O3/c1-3-5-17-8-11(15)7-12(17)13(18)16-9-14(19)4-6-20-10(14)2/h7-8,10,19H,3-6,9,15H2,1-2H3,(H,16,18). The number of aromatic nitrogens is 1. The van der Waals surface area contributed by atoms with Crippen molar-refractivity contribution in [3.63, 3.8) is 0 Å². The van der Waals surface area contributed by atoms with Gasteiger partial charge in [0.25, 0.3) is 5.91 Å². The van der Waals surface area contributed by atoms with Crippen LogP contribution in [0.3, 0.4) is 0 Å². The molecule has 2 heterocycles. The molecule has 6 nitrogen and oxygen atoms in total. The van der Waals surface area contributed by atoms with E-state index in [9.17, 15) is 9.90 Å². The molecule has 2 unspecified atom stereocenters. The zero-order valence-corrected chi connectivity index (χ0v) is 12.1. The minimum absolute atomic E-state index is 0.185. The Morgan fingerprint density at radius 3 is 3.05 bits per heavy atom. The van der Waals surface area contributed by atoms with Crippen LogP contribution in [0.25, 0.3) is 0 Å². The summed E-state index contributed by atoms with van der Waals surface area (Å²) < 4.78 is 7.18. The maximum atomic E-state index is 12.2. The van der Waals surface area contributed by atoms with Gasteiger partial charge in [-0.1, -0.05) is 6.92 Å². The zero-order valence-electron chi connectivity index (χ0n) is 12.1. The van der Waals surface area contributed by atoms with Crippen molar-refractivity contribution in [3.8, 4) is 0 Å². The van der Waals surface area contributed by atoms with Crippen molar-refractivity contribution in [2.24, 2.45) is 0 Å². The summed E-state index contributed by atoms with van der Waals surface area (Å²) in [6.07, 6.45) is 2.94. The van der Waals surface area contributed by atoms with Gasteiger partial charge in [0.1, 0.15) is 11.3 Å². The number of nitrogens with one attached hydrogen (secondary N) is 1. The number of nitrogens with zero attached hydrogens (tertiary/aromatic N) is 1. The molecule has 20 heavy (non-hydrogen) atoms. The second kappa shape index (κ2) is 5.85. The molecular weight excluding hydrogens is 258 g/mol. The number of hydrogen-bond donors (Lipinski definition) is 3. The van der Waals surface area contributed by atoms with Gasteiger partial charge >= 0.3 is 0 Å². The Balaban J connectivity index is 2.01. The second-order valence-corrected chi connectivity index (χ2v) is 5.40. The molecule has 1 amide bonds. The number of rotatable bonds is 5. The van der Waals surface area contributed by atoms with Crippen molar-refractivity contribution in [1.29, 1.82) is 0 Å². The van der Waals surface area contributed by atoms with Crippen molar-refractivity contribution in [2.75, 3.05) is 18.9 Å². The molecule has 0 spiro atoms. The van der Waals surface area contributed by atoms with E-state index in [4.69, 9.17) is 10.5 Å². The first-order valence-electron chi connectivity index (χ1n) is 7.04. The van der Waals surface area contributed by atoms with Crippen LogP contribution in [0.4, 0.5) is 5.69 Å². The number of nitrogen functional groups attached to an aromatic ring is 1. The van der Waals surface area contributed by atoms with E-state index in [0.717, 1.165) is 13.0 Å². The Hall–Kier alpha value is -1.53. The van der Waals surface area contributed by atoms with Crippen LogP contribution < -0.4 is 11.1 Å². The molecule has 1 aromatic heterocycles. The van der Waals surface area contributed by atoms with Crippen LogP contribution in [0, 0.1) is 0 Å². The Labute approximate surface area is 118 Å². The number of nitrogens with two attached hydrogens (primary N) is 1. The number of aryl methyl sites for hydroxylation is 1. The maximum Gasteiger partial charge on any atom is 0.268 e. The number of ether oxygens (including phenoxy) is 1. The van der Waals surface area contributed by atoms with Gasteiger partial charge in [-0.05, 0) is 19.4 Å². The lowest BCUT2D eigenvalue weighted by atomic mass is 9.97. The summed E-state index contributed by atoms with van der Waals surface area (Å²) >= 11 is 0. The molecule has 1 aliphatic rings. The third-order valence-electron chi connectivity index (χ3n) is 3.83. The molecule has 0 saturated carbocycles. The molecule has 1 fully saturated rings. The number of aliphatic hydroxyl groups is 1. The van der Waals surface area contributed by atoms with Crippen molar-refractivity contribution in [3.05, 3.63) is 18.0 Å². The predicted molar refractivity (Wildman–Crippen MR) is 76.4 cm³/mol. The van der Waals surface area contributed by atoms with Crippen LogP contribution in [-0.2, 0) is 11.3 Å². The fraction of sp³-hybridized carbons (Fsp3) is 0.643. The van der Waals surface area contributed by atoms with Crippen LogP contribution in [0.2, 0.25) is 0 Å². The maximum absolute atomic E-state index is 12.2. The highest BCUT2D eigenvalue weighted by Gasteiger charge is 2.39. The molecule has 2 rings (SSSR count). The first-order chi connectivity index (χ1) is 9.46. The summed E-state index contributed by atoms with van der Waals surface area (Å²) in [7, 11) is 0. The summed E-state index contributed by atoms with van der Waals surface area (Å²) in [5.74, 6) is -0.220. The summed E-state index contributed by atoms with van der Waals surface area (Å²) in [4.78, 5) is 12.2. The molecule has 1 aliphatic heterocycles. The Kier molecular flexibility index (Phi) is 4.35. The number of hydrogen-bond acceptors (Lipinski definition) is 4. The second-order valence-electron chi connectivity index (χ2n) is 5.40. The molecule has 112 valence electrons. The Morgan fingerprint density at radius 1 is 1.70 bits per heavy atom. The molecule has 4 N–H and O–H groups in total. The molecule has 6 heteroatoms. The summed E-state index contributed by atoms with van der Waals surface area (Å²) in [6, 6.07) is 1.66. The van der Waals surface area contributed by atoms with Crippen molar-refractivity contribution < 1.29 is 14.6 Å². The minimum atomic E-state index is -0.983. The normalized spacial score (nSPS) is 25.9. The fourth-order valence-electron chi connectivity index (χ4n) is 2.48. The quantitative estimate of drug-likeness (QED) is 0.743. The van der Waals surface area contributed by atoms with Crippen LogP contribution in [0.1, 0.15) is 37.2 Å². The SMILES string of the molecule is CCCn1cc(N)cc1C(=O)NCC1(O)CCOC1C. The summed E-state index contributed by atoms with van der Waals surface area (Å²) in [6.45, 7) is 5.30. The molecule has 0 bridgehead atoms. The van der Waals surface area contributed by atoms with E-state index in [0.29, 0.717) is 24.4 Å². The number of anilines is 1. The van der Waals surface area contributed by atoms with E-state index in [1.165, 1.54) is 0 Å². The summed E-state index contributed by atoms with van der Waals surface area (Å²) in [5.41, 5.74) is 5.86. The van der Waals surface area contributed by atoms with Gasteiger partial charge in [-0.2, -0.15) is 0 Å². The highest BCUT2D eigenvalue weighted by atomic mass is 16.5. The first kappa shape index (κ1) is 14.9. The molecule has 0 aromatic carbocycles. The number of carbonyl (C=O) groups excluding carboxylic acids is 1. The molecule has 2 atom stereocenters. The van der Waals surface area contributed by atoms with E-state index in [2.05, 4.69) is 5.32 Å². The van der Waals surface area contributed by atoms with Gasteiger partial charge in [-0.25, -0.2) is 0 Å². The topological polar surface area (TPSA) is 89.5 Å². The van der Waals surface area contributed by atoms with E-state index >= 15 is 0 Å². The van der Waals surface area contributed by atoms with Crippen LogP contribution in [0.5, 0.6) is 0 Å². The van der Waals surface area contributed by atoms with E-state index in [1.807, 2.05) is 18.4 Å². The smallest absolute Gasteiger partial charge is 0.268 e. The lowest BCUT2D eigenvalue weighted by Crippen LogP contribution is -2.47. The van der Waals surface area contributed by atoms with Gasteiger partial charge in [0, 0.05) is 32.3 Å². The first-order valence-corrected chi connectivity index (χ1v) is 7.04. The molecule has 0 aliphatic carbocycles. The minimum Gasteiger partial charge on any atom is -0.397 e. The molecule has 1 saturated heterocycles. The monoisotopic (exact) mass is 281 g/mol. The highest BCUT2D eigenvalue weighted by molar-refractivity contribution is 5.93. The van der Waals surface area contributed by atoms with Gasteiger partial charge in [0.05, 0.1) is 11.8 Å².